The van der Waals surface area contributed by atoms with Gasteiger partial charge in [0.15, 0.2) is 0 Å². The molecule has 1 aromatic heterocycles. The van der Waals surface area contributed by atoms with Gasteiger partial charge in [0.05, 0.1) is 11.2 Å². The molecule has 0 atom stereocenters. The van der Waals surface area contributed by atoms with Crippen LogP contribution in [-0.4, -0.2) is 34.9 Å². The van der Waals surface area contributed by atoms with Gasteiger partial charge in [-0.15, -0.1) is 11.3 Å². The van der Waals surface area contributed by atoms with Crippen LogP contribution in [0.2, 0.25) is 0 Å². The molecule has 2 heterocycles. The molecule has 2 fully saturated rings. The van der Waals surface area contributed by atoms with Crippen molar-refractivity contribution in [1.29, 1.82) is 0 Å². The topological polar surface area (TPSA) is 45.2 Å². The molecule has 0 radical (unpaired) electrons. The fourth-order valence-corrected chi connectivity index (χ4v) is 3.84. The van der Waals surface area contributed by atoms with Crippen molar-refractivity contribution in [3.63, 3.8) is 0 Å². The highest BCUT2D eigenvalue weighted by Crippen LogP contribution is 2.22. The van der Waals surface area contributed by atoms with Crippen LogP contribution in [0.5, 0.6) is 0 Å². The number of amides is 1. The van der Waals surface area contributed by atoms with Gasteiger partial charge in [-0.2, -0.15) is 0 Å². The van der Waals surface area contributed by atoms with E-state index >= 15 is 0 Å². The summed E-state index contributed by atoms with van der Waals surface area (Å²) in [5.74, 6) is 0.521. The number of likely N-dealkylation sites (tertiary alicyclic amines) is 1. The summed E-state index contributed by atoms with van der Waals surface area (Å²) in [4.78, 5) is 19.0. The summed E-state index contributed by atoms with van der Waals surface area (Å²) in [5.41, 5.74) is 3.04. The lowest BCUT2D eigenvalue weighted by Crippen LogP contribution is -2.43. The Hall–Kier alpha value is -0.940. The highest BCUT2D eigenvalue weighted by molar-refractivity contribution is 7.07. The molecule has 1 aliphatic heterocycles. The molecule has 0 unspecified atom stereocenters. The van der Waals surface area contributed by atoms with Crippen molar-refractivity contribution in [1.82, 2.24) is 15.2 Å². The van der Waals surface area contributed by atoms with E-state index in [0.717, 1.165) is 38.2 Å². The largest absolute Gasteiger partial charge is 0.353 e. The molecule has 1 N–H and O–H groups in total. The van der Waals surface area contributed by atoms with Gasteiger partial charge in [0.2, 0.25) is 5.91 Å². The summed E-state index contributed by atoms with van der Waals surface area (Å²) in [5, 5.41) is 5.35. The second kappa shape index (κ2) is 6.68. The Balaban J connectivity index is 1.42. The van der Waals surface area contributed by atoms with Crippen LogP contribution in [-0.2, 0) is 11.3 Å². The predicted octanol–water partition coefficient (Wildman–Crippen LogP) is 2.41. The molecule has 1 aromatic rings. The van der Waals surface area contributed by atoms with Crippen LogP contribution < -0.4 is 5.32 Å². The first-order valence-electron chi connectivity index (χ1n) is 7.71. The van der Waals surface area contributed by atoms with Crippen LogP contribution >= 0.6 is 11.3 Å². The zero-order valence-corrected chi connectivity index (χ0v) is 12.7. The molecule has 4 nitrogen and oxygen atoms in total. The highest BCUT2D eigenvalue weighted by atomic mass is 32.1. The number of carbonyl (C=O) groups is 1. The van der Waals surface area contributed by atoms with Gasteiger partial charge < -0.3 is 5.32 Å². The number of hydrogen-bond donors (Lipinski definition) is 1. The zero-order chi connectivity index (χ0) is 13.8. The van der Waals surface area contributed by atoms with E-state index in [1.165, 1.54) is 25.7 Å². The van der Waals surface area contributed by atoms with Gasteiger partial charge in [-0.05, 0) is 38.8 Å². The van der Waals surface area contributed by atoms with Crippen molar-refractivity contribution in [2.45, 2.75) is 51.1 Å². The minimum Gasteiger partial charge on any atom is -0.353 e. The minimum absolute atomic E-state index is 0.224. The average Bonchev–Trinajstić information content (AvgIpc) is 3.13. The molecule has 0 aromatic carbocycles. The second-order valence-corrected chi connectivity index (χ2v) is 6.74. The average molecular weight is 293 g/mol. The third kappa shape index (κ3) is 3.58. The van der Waals surface area contributed by atoms with Gasteiger partial charge in [-0.25, -0.2) is 4.98 Å². The fraction of sp³-hybridized carbons (Fsp3) is 0.733. The Morgan fingerprint density at radius 2 is 2.05 bits per heavy atom. The third-order valence-electron chi connectivity index (χ3n) is 4.53. The number of hydrogen-bond acceptors (Lipinski definition) is 4. The molecular weight excluding hydrogens is 270 g/mol. The molecule has 110 valence electrons. The molecule has 2 aliphatic rings. The van der Waals surface area contributed by atoms with E-state index in [0.29, 0.717) is 11.9 Å². The van der Waals surface area contributed by atoms with Crippen LogP contribution in [0.25, 0.3) is 0 Å². The third-order valence-corrected chi connectivity index (χ3v) is 5.16. The highest BCUT2D eigenvalue weighted by Gasteiger charge is 2.27. The van der Waals surface area contributed by atoms with Crippen LogP contribution in [0.1, 0.15) is 44.2 Å². The first-order valence-corrected chi connectivity index (χ1v) is 8.65. The number of nitrogens with one attached hydrogen (secondary N) is 1. The van der Waals surface area contributed by atoms with Crippen molar-refractivity contribution in [3.8, 4) is 0 Å². The number of aromatic nitrogens is 1. The SMILES string of the molecule is O=C(NC1CCCC1)C1CCN(Cc2cscn2)CC1. The maximum atomic E-state index is 12.2. The van der Waals surface area contributed by atoms with Crippen LogP contribution in [0.15, 0.2) is 10.9 Å². The molecule has 1 aliphatic carbocycles. The van der Waals surface area contributed by atoms with Crippen molar-refractivity contribution < 1.29 is 4.79 Å². The lowest BCUT2D eigenvalue weighted by molar-refractivity contribution is -0.127. The molecule has 5 heteroatoms. The lowest BCUT2D eigenvalue weighted by atomic mass is 9.95. The van der Waals surface area contributed by atoms with E-state index in [9.17, 15) is 4.79 Å². The molecule has 0 spiro atoms. The Kier molecular flexibility index (Phi) is 4.68. The van der Waals surface area contributed by atoms with Crippen molar-refractivity contribution in [2.24, 2.45) is 5.92 Å². The molecule has 1 amide bonds. The lowest BCUT2D eigenvalue weighted by Gasteiger charge is -2.31. The smallest absolute Gasteiger partial charge is 0.223 e. The van der Waals surface area contributed by atoms with E-state index in [4.69, 9.17) is 0 Å². The summed E-state index contributed by atoms with van der Waals surface area (Å²) < 4.78 is 0. The van der Waals surface area contributed by atoms with E-state index in [1.54, 1.807) is 11.3 Å². The summed E-state index contributed by atoms with van der Waals surface area (Å²) >= 11 is 1.65. The van der Waals surface area contributed by atoms with Gasteiger partial charge in [-0.1, -0.05) is 12.8 Å². The summed E-state index contributed by atoms with van der Waals surface area (Å²) in [7, 11) is 0. The molecular formula is C15H23N3OS. The molecule has 1 saturated carbocycles. The number of piperidine rings is 1. The maximum absolute atomic E-state index is 12.2. The summed E-state index contributed by atoms with van der Waals surface area (Å²) in [6.07, 6.45) is 6.88. The van der Waals surface area contributed by atoms with Crippen LogP contribution in [0, 0.1) is 5.92 Å². The molecule has 3 rings (SSSR count). The minimum atomic E-state index is 0.224. The quantitative estimate of drug-likeness (QED) is 0.927. The van der Waals surface area contributed by atoms with Crippen molar-refractivity contribution in [2.75, 3.05) is 13.1 Å². The van der Waals surface area contributed by atoms with Gasteiger partial charge in [0, 0.05) is 23.9 Å². The number of rotatable bonds is 4. The molecule has 1 saturated heterocycles. The van der Waals surface area contributed by atoms with E-state index < -0.39 is 0 Å². The van der Waals surface area contributed by atoms with E-state index in [2.05, 4.69) is 20.6 Å². The molecule has 20 heavy (non-hydrogen) atoms. The molecule has 0 bridgehead atoms. The Morgan fingerprint density at radius 3 is 2.70 bits per heavy atom. The number of carbonyl (C=O) groups excluding carboxylic acids is 1. The summed E-state index contributed by atoms with van der Waals surface area (Å²) in [6, 6.07) is 0.454. The zero-order valence-electron chi connectivity index (χ0n) is 11.9. The predicted molar refractivity (Wildman–Crippen MR) is 80.5 cm³/mol. The van der Waals surface area contributed by atoms with Crippen molar-refractivity contribution in [3.05, 3.63) is 16.6 Å². The Bertz CT molecular complexity index is 420. The maximum Gasteiger partial charge on any atom is 0.223 e. The van der Waals surface area contributed by atoms with Gasteiger partial charge in [0.1, 0.15) is 0 Å². The Morgan fingerprint density at radius 1 is 1.30 bits per heavy atom. The van der Waals surface area contributed by atoms with Gasteiger partial charge in [-0.3, -0.25) is 9.69 Å². The monoisotopic (exact) mass is 293 g/mol. The summed E-state index contributed by atoms with van der Waals surface area (Å²) in [6.45, 7) is 2.96. The second-order valence-electron chi connectivity index (χ2n) is 6.02. The van der Waals surface area contributed by atoms with Gasteiger partial charge >= 0.3 is 0 Å². The fourth-order valence-electron chi connectivity index (χ4n) is 3.29. The first-order chi connectivity index (χ1) is 9.81. The number of thiazole rings is 1. The Labute approximate surface area is 124 Å². The van der Waals surface area contributed by atoms with Gasteiger partial charge in [0.25, 0.3) is 0 Å². The standard InChI is InChI=1S/C15H23N3OS/c19-15(17-13-3-1-2-4-13)12-5-7-18(8-6-12)9-14-10-20-11-16-14/h10-13H,1-9H2,(H,17,19). The van der Waals surface area contributed by atoms with E-state index in [1.807, 2.05) is 5.51 Å². The van der Waals surface area contributed by atoms with Crippen LogP contribution in [0.3, 0.4) is 0 Å². The normalized spacial score (nSPS) is 22.2. The number of nitrogens with zero attached hydrogens (tertiary/aromatic N) is 2. The first kappa shape index (κ1) is 14.0. The van der Waals surface area contributed by atoms with E-state index in [-0.39, 0.29) is 5.92 Å². The van der Waals surface area contributed by atoms with Crippen molar-refractivity contribution >= 4 is 17.2 Å². The van der Waals surface area contributed by atoms with Crippen LogP contribution in [0.4, 0.5) is 0 Å².